The molecule has 3 heteroatoms. The highest BCUT2D eigenvalue weighted by molar-refractivity contribution is 7.99. The van der Waals surface area contributed by atoms with Crippen molar-refractivity contribution in [2.24, 2.45) is 11.8 Å². The Bertz CT molecular complexity index is 274. The number of hydrogen-bond acceptors (Lipinski definition) is 3. The molecule has 2 nitrogen and oxygen atoms in total. The van der Waals surface area contributed by atoms with Gasteiger partial charge in [0.05, 0.1) is 0 Å². The first-order valence-electron chi connectivity index (χ1n) is 8.65. The van der Waals surface area contributed by atoms with Gasteiger partial charge in [0.2, 0.25) is 0 Å². The van der Waals surface area contributed by atoms with E-state index in [0.717, 1.165) is 23.1 Å². The summed E-state index contributed by atoms with van der Waals surface area (Å²) in [5.41, 5.74) is 0. The lowest BCUT2D eigenvalue weighted by Crippen LogP contribution is -2.59. The molecule has 0 saturated carbocycles. The molecule has 3 unspecified atom stereocenters. The van der Waals surface area contributed by atoms with E-state index in [1.165, 1.54) is 51.1 Å². The molecule has 20 heavy (non-hydrogen) atoms. The Morgan fingerprint density at radius 3 is 2.60 bits per heavy atom. The largest absolute Gasteiger partial charge is 0.311 e. The van der Waals surface area contributed by atoms with Gasteiger partial charge in [-0.1, -0.05) is 34.1 Å². The van der Waals surface area contributed by atoms with Crippen LogP contribution in [0, 0.1) is 11.8 Å². The molecule has 0 radical (unpaired) electrons. The van der Waals surface area contributed by atoms with Crippen LogP contribution in [-0.4, -0.2) is 47.6 Å². The quantitative estimate of drug-likeness (QED) is 0.834. The molecule has 0 aromatic heterocycles. The highest BCUT2D eigenvalue weighted by atomic mass is 32.2. The Labute approximate surface area is 130 Å². The van der Waals surface area contributed by atoms with Crippen molar-refractivity contribution in [2.75, 3.05) is 25.4 Å². The van der Waals surface area contributed by atoms with Gasteiger partial charge in [-0.05, 0) is 36.9 Å². The average molecular weight is 299 g/mol. The third-order valence-electron chi connectivity index (χ3n) is 4.78. The maximum Gasteiger partial charge on any atom is 0.0244 e. The Morgan fingerprint density at radius 2 is 2.00 bits per heavy atom. The van der Waals surface area contributed by atoms with Gasteiger partial charge >= 0.3 is 0 Å². The van der Waals surface area contributed by atoms with Gasteiger partial charge in [0.1, 0.15) is 0 Å². The molecule has 0 bridgehead atoms. The van der Waals surface area contributed by atoms with Crippen molar-refractivity contribution < 1.29 is 0 Å². The molecule has 0 aliphatic carbocycles. The smallest absolute Gasteiger partial charge is 0.0244 e. The van der Waals surface area contributed by atoms with Crippen LogP contribution in [0.1, 0.15) is 53.4 Å². The van der Waals surface area contributed by atoms with E-state index in [1.807, 2.05) is 0 Å². The average Bonchev–Trinajstić information content (AvgIpc) is 2.39. The van der Waals surface area contributed by atoms with Crippen LogP contribution in [0.3, 0.4) is 0 Å². The van der Waals surface area contributed by atoms with Gasteiger partial charge in [-0.15, -0.1) is 0 Å². The molecule has 2 heterocycles. The second kappa shape index (κ2) is 8.05. The summed E-state index contributed by atoms with van der Waals surface area (Å²) in [5.74, 6) is 2.95. The molecule has 2 aliphatic heterocycles. The number of rotatable bonds is 5. The monoisotopic (exact) mass is 298 g/mol. The van der Waals surface area contributed by atoms with Gasteiger partial charge in [0.25, 0.3) is 0 Å². The molecular formula is C17H34N2S. The minimum atomic E-state index is 0.707. The Kier molecular flexibility index (Phi) is 6.70. The molecule has 118 valence electrons. The van der Waals surface area contributed by atoms with E-state index < -0.39 is 0 Å². The zero-order valence-corrected chi connectivity index (χ0v) is 14.7. The first-order valence-corrected chi connectivity index (χ1v) is 9.70. The normalized spacial score (nSPS) is 33.0. The standard InChI is InChI=1S/C17H34N2S/c1-13(2)9-15-11-19(17(10-18-15)14(3)4)12-16-7-5-6-8-20-16/h13-18H,5-12H2,1-4H3. The van der Waals surface area contributed by atoms with Crippen LogP contribution in [0.2, 0.25) is 0 Å². The van der Waals surface area contributed by atoms with Gasteiger partial charge in [-0.25, -0.2) is 0 Å². The van der Waals surface area contributed by atoms with Gasteiger partial charge in [0, 0.05) is 37.0 Å². The fourth-order valence-corrected chi connectivity index (χ4v) is 5.04. The number of thioether (sulfide) groups is 1. The summed E-state index contributed by atoms with van der Waals surface area (Å²) in [6.45, 7) is 13.2. The summed E-state index contributed by atoms with van der Waals surface area (Å²) in [6, 6.07) is 1.44. The SMILES string of the molecule is CC(C)CC1CN(CC2CCCCS2)C(C(C)C)CN1. The van der Waals surface area contributed by atoms with E-state index >= 15 is 0 Å². The van der Waals surface area contributed by atoms with Gasteiger partial charge in [0.15, 0.2) is 0 Å². The topological polar surface area (TPSA) is 15.3 Å². The molecule has 0 amide bonds. The van der Waals surface area contributed by atoms with Crippen molar-refractivity contribution in [3.8, 4) is 0 Å². The third-order valence-corrected chi connectivity index (χ3v) is 6.16. The van der Waals surface area contributed by atoms with Gasteiger partial charge in [-0.2, -0.15) is 11.8 Å². The maximum atomic E-state index is 3.80. The van der Waals surface area contributed by atoms with E-state index in [0.29, 0.717) is 6.04 Å². The van der Waals surface area contributed by atoms with E-state index in [9.17, 15) is 0 Å². The number of nitrogens with zero attached hydrogens (tertiary/aromatic N) is 1. The fourth-order valence-electron chi connectivity index (χ4n) is 3.71. The zero-order valence-electron chi connectivity index (χ0n) is 13.9. The molecule has 2 saturated heterocycles. The predicted octanol–water partition coefficient (Wildman–Crippen LogP) is 3.62. The molecule has 2 fully saturated rings. The minimum Gasteiger partial charge on any atom is -0.311 e. The van der Waals surface area contributed by atoms with Gasteiger partial charge < -0.3 is 5.32 Å². The van der Waals surface area contributed by atoms with E-state index in [2.05, 4.69) is 49.7 Å². The summed E-state index contributed by atoms with van der Waals surface area (Å²) in [7, 11) is 0. The maximum absolute atomic E-state index is 3.80. The van der Waals surface area contributed by atoms with Crippen molar-refractivity contribution in [3.05, 3.63) is 0 Å². The van der Waals surface area contributed by atoms with Crippen molar-refractivity contribution in [1.82, 2.24) is 10.2 Å². The van der Waals surface area contributed by atoms with Crippen molar-refractivity contribution in [1.29, 1.82) is 0 Å². The Balaban J connectivity index is 1.91. The second-order valence-electron chi connectivity index (χ2n) is 7.49. The Morgan fingerprint density at radius 1 is 1.20 bits per heavy atom. The zero-order chi connectivity index (χ0) is 14.5. The third kappa shape index (κ3) is 4.92. The summed E-state index contributed by atoms with van der Waals surface area (Å²) in [4.78, 5) is 2.82. The molecule has 1 N–H and O–H groups in total. The highest BCUT2D eigenvalue weighted by Gasteiger charge is 2.31. The molecule has 2 rings (SSSR count). The second-order valence-corrected chi connectivity index (χ2v) is 8.90. The fraction of sp³-hybridized carbons (Fsp3) is 1.00. The summed E-state index contributed by atoms with van der Waals surface area (Å²) >= 11 is 2.22. The first-order chi connectivity index (χ1) is 9.56. The van der Waals surface area contributed by atoms with Crippen LogP contribution in [0.4, 0.5) is 0 Å². The van der Waals surface area contributed by atoms with Crippen molar-refractivity contribution in [2.45, 2.75) is 70.7 Å². The first kappa shape index (κ1) is 16.6. The molecule has 3 atom stereocenters. The van der Waals surface area contributed by atoms with Crippen molar-refractivity contribution in [3.63, 3.8) is 0 Å². The highest BCUT2D eigenvalue weighted by Crippen LogP contribution is 2.28. The van der Waals surface area contributed by atoms with Crippen LogP contribution < -0.4 is 5.32 Å². The van der Waals surface area contributed by atoms with Gasteiger partial charge in [-0.3, -0.25) is 4.90 Å². The van der Waals surface area contributed by atoms with E-state index in [-0.39, 0.29) is 0 Å². The Hall–Kier alpha value is 0.270. The van der Waals surface area contributed by atoms with Crippen LogP contribution in [0.5, 0.6) is 0 Å². The number of hydrogen-bond donors (Lipinski definition) is 1. The molecule has 0 aromatic rings. The molecular weight excluding hydrogens is 264 g/mol. The van der Waals surface area contributed by atoms with Crippen LogP contribution >= 0.6 is 11.8 Å². The summed E-state index contributed by atoms with van der Waals surface area (Å²) in [5, 5.41) is 4.69. The summed E-state index contributed by atoms with van der Waals surface area (Å²) < 4.78 is 0. The minimum absolute atomic E-state index is 0.707. The summed E-state index contributed by atoms with van der Waals surface area (Å²) in [6.07, 6.45) is 5.64. The van der Waals surface area contributed by atoms with Crippen LogP contribution in [0.15, 0.2) is 0 Å². The van der Waals surface area contributed by atoms with E-state index in [1.54, 1.807) is 0 Å². The molecule has 0 spiro atoms. The lowest BCUT2D eigenvalue weighted by atomic mass is 9.94. The van der Waals surface area contributed by atoms with Crippen LogP contribution in [-0.2, 0) is 0 Å². The number of nitrogens with one attached hydrogen (secondary N) is 1. The molecule has 2 aliphatic rings. The molecule has 0 aromatic carbocycles. The van der Waals surface area contributed by atoms with Crippen molar-refractivity contribution >= 4 is 11.8 Å². The predicted molar refractivity (Wildman–Crippen MR) is 91.5 cm³/mol. The number of piperazine rings is 1. The van der Waals surface area contributed by atoms with E-state index in [4.69, 9.17) is 0 Å². The van der Waals surface area contributed by atoms with Crippen LogP contribution in [0.25, 0.3) is 0 Å². The lowest BCUT2D eigenvalue weighted by Gasteiger charge is -2.44. The lowest BCUT2D eigenvalue weighted by molar-refractivity contribution is 0.0916.